The van der Waals surface area contributed by atoms with Gasteiger partial charge in [0.2, 0.25) is 5.91 Å². The van der Waals surface area contributed by atoms with E-state index >= 15 is 0 Å². The smallest absolute Gasteiger partial charge is 0.407 e. The van der Waals surface area contributed by atoms with Crippen molar-refractivity contribution in [3.05, 3.63) is 59.7 Å². The highest BCUT2D eigenvalue weighted by atomic mass is 16.5. The minimum atomic E-state index is -1.05. The number of rotatable bonds is 8. The van der Waals surface area contributed by atoms with Gasteiger partial charge in [-0.3, -0.25) is 4.79 Å². The number of likely N-dealkylation sites (tertiary alicyclic amines) is 1. The quantitative estimate of drug-likeness (QED) is 0.638. The summed E-state index contributed by atoms with van der Waals surface area (Å²) in [5.41, 5.74) is 3.85. The minimum absolute atomic E-state index is 0.0543. The van der Waals surface area contributed by atoms with Crippen LogP contribution in [0.25, 0.3) is 11.1 Å². The van der Waals surface area contributed by atoms with Gasteiger partial charge in [-0.25, -0.2) is 9.59 Å². The summed E-state index contributed by atoms with van der Waals surface area (Å²) in [6, 6.07) is 15.5. The first-order valence-corrected chi connectivity index (χ1v) is 11.1. The Morgan fingerprint density at radius 1 is 1.09 bits per heavy atom. The lowest BCUT2D eigenvalue weighted by atomic mass is 9.95. The molecule has 2 N–H and O–H groups in total. The Balaban J connectivity index is 1.32. The molecule has 33 heavy (non-hydrogen) atoms. The monoisotopic (exact) mass is 452 g/mol. The van der Waals surface area contributed by atoms with Crippen molar-refractivity contribution in [1.29, 1.82) is 0 Å². The number of carbonyl (C=O) groups is 3. The molecule has 8 nitrogen and oxygen atoms in total. The molecule has 2 amide bonds. The molecular formula is C25H28N2O6. The summed E-state index contributed by atoms with van der Waals surface area (Å²) < 4.78 is 10.9. The van der Waals surface area contributed by atoms with Crippen molar-refractivity contribution in [3.8, 4) is 11.1 Å². The number of nitrogens with one attached hydrogen (secondary N) is 1. The Morgan fingerprint density at radius 3 is 2.21 bits per heavy atom. The maximum atomic E-state index is 12.8. The van der Waals surface area contributed by atoms with E-state index in [0.717, 1.165) is 22.3 Å². The number of fused-ring (bicyclic) bond motifs is 3. The molecule has 0 unspecified atom stereocenters. The number of carbonyl (C=O) groups excluding carboxylic acids is 2. The summed E-state index contributed by atoms with van der Waals surface area (Å²) in [5.74, 6) is -1.34. The lowest BCUT2D eigenvalue weighted by molar-refractivity contribution is -0.174. The van der Waals surface area contributed by atoms with Gasteiger partial charge in [0.05, 0.1) is 13.1 Å². The number of alkyl carbamates (subject to hydrolysis) is 1. The highest BCUT2D eigenvalue weighted by Crippen LogP contribution is 2.44. The zero-order chi connectivity index (χ0) is 23.6. The third kappa shape index (κ3) is 4.71. The normalized spacial score (nSPS) is 16.8. The van der Waals surface area contributed by atoms with E-state index in [9.17, 15) is 14.4 Å². The van der Waals surface area contributed by atoms with Crippen LogP contribution in [0.2, 0.25) is 0 Å². The summed E-state index contributed by atoms with van der Waals surface area (Å²) >= 11 is 0. The van der Waals surface area contributed by atoms with Gasteiger partial charge in [0.25, 0.3) is 0 Å². The molecule has 1 heterocycles. The lowest BCUT2D eigenvalue weighted by Gasteiger charge is -2.48. The average molecular weight is 453 g/mol. The van der Waals surface area contributed by atoms with Gasteiger partial charge in [-0.15, -0.1) is 0 Å². The van der Waals surface area contributed by atoms with Gasteiger partial charge < -0.3 is 24.8 Å². The fourth-order valence-corrected chi connectivity index (χ4v) is 4.59. The molecule has 1 aliphatic carbocycles. The van der Waals surface area contributed by atoms with Crippen LogP contribution < -0.4 is 5.32 Å². The van der Waals surface area contributed by atoms with Crippen LogP contribution in [0.4, 0.5) is 4.79 Å². The SMILES string of the molecule is CC[C@@H](NC(=O)OCC1c2ccccc2-c2ccccc21)C(=O)N1CC(C)(OCC(=O)O)C1. The highest BCUT2D eigenvalue weighted by molar-refractivity contribution is 5.86. The number of carboxylic acid groups (broad SMARTS) is 1. The number of aliphatic carboxylic acids is 1. The Morgan fingerprint density at radius 2 is 1.67 bits per heavy atom. The molecular weight excluding hydrogens is 424 g/mol. The number of benzene rings is 2. The first-order chi connectivity index (χ1) is 15.8. The average Bonchev–Trinajstić information content (AvgIpc) is 3.11. The van der Waals surface area contributed by atoms with Crippen molar-refractivity contribution in [2.75, 3.05) is 26.3 Å². The lowest BCUT2D eigenvalue weighted by Crippen LogP contribution is -2.66. The van der Waals surface area contributed by atoms with Gasteiger partial charge in [-0.1, -0.05) is 55.5 Å². The molecule has 0 saturated carbocycles. The summed E-state index contributed by atoms with van der Waals surface area (Å²) in [4.78, 5) is 37.6. The van der Waals surface area contributed by atoms with Crippen molar-refractivity contribution in [3.63, 3.8) is 0 Å². The molecule has 4 rings (SSSR count). The molecule has 2 aromatic rings. The second kappa shape index (κ2) is 9.23. The van der Waals surface area contributed by atoms with Gasteiger partial charge in [0, 0.05) is 5.92 Å². The standard InChI is InChI=1S/C25H28N2O6/c1-3-21(23(30)27-14-25(2,15-27)33-13-22(28)29)26-24(31)32-12-20-18-10-6-4-8-16(18)17-9-5-7-11-19(17)20/h4-11,20-21H,3,12-15H2,1-2H3,(H,26,31)(H,28,29)/t21-/m1/s1. The molecule has 0 bridgehead atoms. The van der Waals surface area contributed by atoms with Crippen molar-refractivity contribution < 1.29 is 29.0 Å². The van der Waals surface area contributed by atoms with Gasteiger partial charge in [-0.2, -0.15) is 0 Å². The first-order valence-electron chi connectivity index (χ1n) is 11.1. The molecule has 2 aromatic carbocycles. The number of ether oxygens (including phenoxy) is 2. The van der Waals surface area contributed by atoms with Crippen LogP contribution in [-0.4, -0.2) is 65.9 Å². The molecule has 2 aliphatic rings. The van der Waals surface area contributed by atoms with Crippen LogP contribution in [0.5, 0.6) is 0 Å². The van der Waals surface area contributed by atoms with Gasteiger partial charge in [0.15, 0.2) is 0 Å². The number of hydrogen-bond donors (Lipinski definition) is 2. The van der Waals surface area contributed by atoms with E-state index in [0.29, 0.717) is 6.42 Å². The molecule has 1 fully saturated rings. The maximum absolute atomic E-state index is 12.8. The van der Waals surface area contributed by atoms with Crippen molar-refractivity contribution in [2.45, 2.75) is 37.8 Å². The molecule has 0 aromatic heterocycles. The number of nitrogens with zero attached hydrogens (tertiary/aromatic N) is 1. The van der Waals surface area contributed by atoms with E-state index in [1.165, 1.54) is 0 Å². The zero-order valence-corrected chi connectivity index (χ0v) is 18.7. The van der Waals surface area contributed by atoms with E-state index in [1.807, 2.05) is 43.3 Å². The molecule has 1 aliphatic heterocycles. The predicted molar refractivity (Wildman–Crippen MR) is 121 cm³/mol. The fourth-order valence-electron chi connectivity index (χ4n) is 4.59. The third-order valence-corrected chi connectivity index (χ3v) is 6.25. The van der Waals surface area contributed by atoms with Crippen molar-refractivity contribution in [1.82, 2.24) is 10.2 Å². The van der Waals surface area contributed by atoms with Crippen LogP contribution in [0, 0.1) is 0 Å². The fraction of sp³-hybridized carbons (Fsp3) is 0.400. The van der Waals surface area contributed by atoms with Crippen LogP contribution in [0.3, 0.4) is 0 Å². The molecule has 0 spiro atoms. The summed E-state index contributed by atoms with van der Waals surface area (Å²) in [6.07, 6.45) is -0.228. The Labute approximate surface area is 192 Å². The molecule has 0 radical (unpaired) electrons. The second-order valence-corrected chi connectivity index (χ2v) is 8.76. The van der Waals surface area contributed by atoms with Gasteiger partial charge in [-0.05, 0) is 35.6 Å². The number of amides is 2. The van der Waals surface area contributed by atoms with Crippen molar-refractivity contribution in [2.24, 2.45) is 0 Å². The second-order valence-electron chi connectivity index (χ2n) is 8.76. The van der Waals surface area contributed by atoms with E-state index in [4.69, 9.17) is 14.6 Å². The van der Waals surface area contributed by atoms with E-state index in [1.54, 1.807) is 11.8 Å². The molecule has 1 saturated heterocycles. The largest absolute Gasteiger partial charge is 0.480 e. The number of carboxylic acids is 1. The van der Waals surface area contributed by atoms with Gasteiger partial charge in [0.1, 0.15) is 24.9 Å². The Hall–Kier alpha value is -3.39. The summed E-state index contributed by atoms with van der Waals surface area (Å²) in [5, 5.41) is 11.4. The van der Waals surface area contributed by atoms with Crippen LogP contribution >= 0.6 is 0 Å². The maximum Gasteiger partial charge on any atom is 0.407 e. The Bertz CT molecular complexity index is 1020. The summed E-state index contributed by atoms with van der Waals surface area (Å²) in [7, 11) is 0. The minimum Gasteiger partial charge on any atom is -0.480 e. The molecule has 174 valence electrons. The predicted octanol–water partition coefficient (Wildman–Crippen LogP) is 3.01. The zero-order valence-electron chi connectivity index (χ0n) is 18.7. The van der Waals surface area contributed by atoms with Crippen LogP contribution in [0.1, 0.15) is 37.3 Å². The molecule has 1 atom stereocenters. The van der Waals surface area contributed by atoms with E-state index in [2.05, 4.69) is 17.4 Å². The van der Waals surface area contributed by atoms with Crippen molar-refractivity contribution >= 4 is 18.0 Å². The molecule has 8 heteroatoms. The third-order valence-electron chi connectivity index (χ3n) is 6.25. The first kappa shape index (κ1) is 22.8. The van der Waals surface area contributed by atoms with Crippen LogP contribution in [0.15, 0.2) is 48.5 Å². The summed E-state index contributed by atoms with van der Waals surface area (Å²) in [6.45, 7) is 3.90. The number of hydrogen-bond acceptors (Lipinski definition) is 5. The van der Waals surface area contributed by atoms with E-state index in [-0.39, 0.29) is 31.5 Å². The van der Waals surface area contributed by atoms with Crippen LogP contribution in [-0.2, 0) is 19.1 Å². The Kier molecular flexibility index (Phi) is 6.37. The topological polar surface area (TPSA) is 105 Å². The van der Waals surface area contributed by atoms with E-state index < -0.39 is 30.3 Å². The highest BCUT2D eigenvalue weighted by Gasteiger charge is 2.44. The van der Waals surface area contributed by atoms with Gasteiger partial charge >= 0.3 is 12.1 Å².